The lowest BCUT2D eigenvalue weighted by atomic mass is 10.3. The van der Waals surface area contributed by atoms with Gasteiger partial charge < -0.3 is 15.6 Å². The summed E-state index contributed by atoms with van der Waals surface area (Å²) in [5, 5.41) is 6.60. The van der Waals surface area contributed by atoms with Crippen molar-refractivity contribution in [3.05, 3.63) is 30.1 Å². The minimum atomic E-state index is 0.797. The number of aromatic amines is 1. The minimum Gasteiger partial charge on any atom is -0.357 e. The van der Waals surface area contributed by atoms with Crippen molar-refractivity contribution in [3.63, 3.8) is 0 Å². The van der Waals surface area contributed by atoms with E-state index in [4.69, 9.17) is 0 Å². The monoisotopic (exact) mass is 319 g/mol. The molecule has 0 unspecified atom stereocenters. The molecular formula is C16H25N5S. The second-order valence-electron chi connectivity index (χ2n) is 4.98. The second kappa shape index (κ2) is 9.35. The van der Waals surface area contributed by atoms with Crippen molar-refractivity contribution < 1.29 is 0 Å². The molecule has 0 saturated heterocycles. The van der Waals surface area contributed by atoms with Gasteiger partial charge in [0.25, 0.3) is 0 Å². The highest BCUT2D eigenvalue weighted by Crippen LogP contribution is 2.11. The summed E-state index contributed by atoms with van der Waals surface area (Å²) in [6.07, 6.45) is 4.01. The molecule has 0 aliphatic heterocycles. The molecule has 1 heterocycles. The number of aliphatic imine (C=N–C) groups is 1. The van der Waals surface area contributed by atoms with Crippen LogP contribution in [0.15, 0.2) is 29.3 Å². The normalized spacial score (nSPS) is 11.8. The number of para-hydroxylation sites is 2. The Morgan fingerprint density at radius 1 is 1.32 bits per heavy atom. The van der Waals surface area contributed by atoms with Crippen LogP contribution in [-0.2, 0) is 6.42 Å². The van der Waals surface area contributed by atoms with Gasteiger partial charge in [-0.05, 0) is 31.7 Å². The van der Waals surface area contributed by atoms with Crippen LogP contribution in [0.3, 0.4) is 0 Å². The fourth-order valence-electron chi connectivity index (χ4n) is 2.17. The molecule has 1 aromatic heterocycles. The summed E-state index contributed by atoms with van der Waals surface area (Å²) in [7, 11) is 0. The van der Waals surface area contributed by atoms with E-state index >= 15 is 0 Å². The van der Waals surface area contributed by atoms with Crippen LogP contribution in [0.4, 0.5) is 0 Å². The standard InChI is InChI=1S/C16H25N5S/c1-3-17-16(19-11-12-22-2)18-10-6-9-15-20-13-7-4-5-8-14(13)21-15/h4-5,7-8H,3,6,9-12H2,1-2H3,(H,20,21)(H2,17,18,19). The number of fused-ring (bicyclic) bond motifs is 1. The van der Waals surface area contributed by atoms with Gasteiger partial charge in [0, 0.05) is 31.8 Å². The summed E-state index contributed by atoms with van der Waals surface area (Å²) in [5.74, 6) is 3.03. The van der Waals surface area contributed by atoms with Gasteiger partial charge in [-0.1, -0.05) is 12.1 Å². The molecule has 0 fully saturated rings. The third-order valence-corrected chi connectivity index (χ3v) is 3.84. The number of imidazole rings is 1. The van der Waals surface area contributed by atoms with Crippen molar-refractivity contribution in [1.29, 1.82) is 0 Å². The topological polar surface area (TPSA) is 65.1 Å². The Bertz CT molecular complexity index is 560. The average molecular weight is 319 g/mol. The zero-order valence-electron chi connectivity index (χ0n) is 13.4. The maximum Gasteiger partial charge on any atom is 0.191 e. The van der Waals surface area contributed by atoms with E-state index < -0.39 is 0 Å². The van der Waals surface area contributed by atoms with Gasteiger partial charge in [-0.25, -0.2) is 4.98 Å². The third-order valence-electron chi connectivity index (χ3n) is 3.22. The van der Waals surface area contributed by atoms with E-state index in [1.165, 1.54) is 0 Å². The molecule has 0 saturated carbocycles. The van der Waals surface area contributed by atoms with Crippen LogP contribution < -0.4 is 10.6 Å². The zero-order chi connectivity index (χ0) is 15.6. The van der Waals surface area contributed by atoms with E-state index in [-0.39, 0.29) is 0 Å². The molecule has 2 aromatic rings. The summed E-state index contributed by atoms with van der Waals surface area (Å²) in [6, 6.07) is 8.13. The fourth-order valence-corrected chi connectivity index (χ4v) is 2.48. The lowest BCUT2D eigenvalue weighted by Crippen LogP contribution is -2.38. The predicted molar refractivity (Wildman–Crippen MR) is 96.8 cm³/mol. The summed E-state index contributed by atoms with van der Waals surface area (Å²) < 4.78 is 0. The molecule has 120 valence electrons. The van der Waals surface area contributed by atoms with Gasteiger partial charge in [0.1, 0.15) is 5.82 Å². The molecule has 22 heavy (non-hydrogen) atoms. The molecule has 0 atom stereocenters. The van der Waals surface area contributed by atoms with Crippen molar-refractivity contribution in [2.45, 2.75) is 19.8 Å². The molecular weight excluding hydrogens is 294 g/mol. The van der Waals surface area contributed by atoms with Crippen molar-refractivity contribution in [2.75, 3.05) is 31.6 Å². The largest absolute Gasteiger partial charge is 0.357 e. The van der Waals surface area contributed by atoms with Crippen LogP contribution in [0, 0.1) is 0 Å². The lowest BCUT2D eigenvalue weighted by molar-refractivity contribution is 0.775. The molecule has 0 spiro atoms. The van der Waals surface area contributed by atoms with Crippen molar-refractivity contribution in [1.82, 2.24) is 20.6 Å². The first-order valence-corrected chi connectivity index (χ1v) is 9.17. The van der Waals surface area contributed by atoms with E-state index in [2.05, 4.69) is 44.8 Å². The van der Waals surface area contributed by atoms with Crippen molar-refractivity contribution in [3.8, 4) is 0 Å². The van der Waals surface area contributed by atoms with Crippen LogP contribution in [0.1, 0.15) is 19.2 Å². The second-order valence-corrected chi connectivity index (χ2v) is 5.97. The molecule has 0 amide bonds. The molecule has 3 N–H and O–H groups in total. The molecule has 0 radical (unpaired) electrons. The summed E-state index contributed by atoms with van der Waals surface area (Å²) >= 11 is 1.83. The first-order chi connectivity index (χ1) is 10.8. The van der Waals surface area contributed by atoms with Crippen LogP contribution in [-0.4, -0.2) is 47.6 Å². The highest BCUT2D eigenvalue weighted by atomic mass is 32.2. The molecule has 6 heteroatoms. The number of aryl methyl sites for hydroxylation is 1. The molecule has 5 nitrogen and oxygen atoms in total. The number of hydrogen-bond acceptors (Lipinski definition) is 3. The number of H-pyrrole nitrogens is 1. The third kappa shape index (κ3) is 5.26. The quantitative estimate of drug-likeness (QED) is 0.397. The summed E-state index contributed by atoms with van der Waals surface area (Å²) in [6.45, 7) is 4.71. The Labute approximate surface area is 136 Å². The Balaban J connectivity index is 1.79. The number of benzene rings is 1. The molecule has 1 aromatic carbocycles. The van der Waals surface area contributed by atoms with Gasteiger partial charge in [-0.2, -0.15) is 11.8 Å². The number of hydrogen-bond donors (Lipinski definition) is 3. The molecule has 2 rings (SSSR count). The number of aromatic nitrogens is 2. The highest BCUT2D eigenvalue weighted by molar-refractivity contribution is 7.98. The van der Waals surface area contributed by atoms with E-state index in [0.29, 0.717) is 0 Å². The number of thioether (sulfide) groups is 1. The van der Waals surface area contributed by atoms with Crippen molar-refractivity contribution >= 4 is 28.8 Å². The van der Waals surface area contributed by atoms with Gasteiger partial charge in [-0.15, -0.1) is 0 Å². The van der Waals surface area contributed by atoms with Crippen LogP contribution in [0.25, 0.3) is 11.0 Å². The Morgan fingerprint density at radius 3 is 2.95 bits per heavy atom. The van der Waals surface area contributed by atoms with E-state index in [1.807, 2.05) is 30.0 Å². The minimum absolute atomic E-state index is 0.797. The zero-order valence-corrected chi connectivity index (χ0v) is 14.2. The Hall–Kier alpha value is -1.69. The Morgan fingerprint density at radius 2 is 2.18 bits per heavy atom. The van der Waals surface area contributed by atoms with Crippen LogP contribution in [0.5, 0.6) is 0 Å². The number of nitrogens with zero attached hydrogens (tertiary/aromatic N) is 2. The van der Waals surface area contributed by atoms with Gasteiger partial charge in [0.15, 0.2) is 5.96 Å². The first kappa shape index (κ1) is 16.7. The average Bonchev–Trinajstić information content (AvgIpc) is 2.94. The van der Waals surface area contributed by atoms with Crippen molar-refractivity contribution in [2.24, 2.45) is 4.99 Å². The van der Waals surface area contributed by atoms with Crippen LogP contribution in [0.2, 0.25) is 0 Å². The van der Waals surface area contributed by atoms with Gasteiger partial charge in [0.2, 0.25) is 0 Å². The predicted octanol–water partition coefficient (Wildman–Crippen LogP) is 2.41. The maximum absolute atomic E-state index is 4.60. The number of nitrogens with one attached hydrogen (secondary N) is 3. The SMILES string of the molecule is CCNC(=NCCCc1nc2ccccc2[nH]1)NCCSC. The molecule has 0 aliphatic rings. The van der Waals surface area contributed by atoms with E-state index in [1.54, 1.807) is 0 Å². The fraction of sp³-hybridized carbons (Fsp3) is 0.500. The van der Waals surface area contributed by atoms with E-state index in [9.17, 15) is 0 Å². The number of rotatable bonds is 8. The highest BCUT2D eigenvalue weighted by Gasteiger charge is 2.01. The first-order valence-electron chi connectivity index (χ1n) is 7.78. The molecule has 0 aliphatic carbocycles. The smallest absolute Gasteiger partial charge is 0.191 e. The van der Waals surface area contributed by atoms with Gasteiger partial charge in [-0.3, -0.25) is 4.99 Å². The van der Waals surface area contributed by atoms with Gasteiger partial charge in [0.05, 0.1) is 11.0 Å². The van der Waals surface area contributed by atoms with Gasteiger partial charge >= 0.3 is 0 Å². The maximum atomic E-state index is 4.60. The summed E-state index contributed by atoms with van der Waals surface area (Å²) in [5.41, 5.74) is 2.14. The summed E-state index contributed by atoms with van der Waals surface area (Å²) in [4.78, 5) is 12.5. The number of guanidine groups is 1. The Kier molecular flexibility index (Phi) is 7.09. The van der Waals surface area contributed by atoms with Crippen LogP contribution >= 0.6 is 11.8 Å². The molecule has 0 bridgehead atoms. The van der Waals surface area contributed by atoms with E-state index in [0.717, 1.165) is 61.0 Å². The lowest BCUT2D eigenvalue weighted by Gasteiger charge is -2.10.